The maximum Gasteiger partial charge on any atom is 0.0976 e. The summed E-state index contributed by atoms with van der Waals surface area (Å²) in [6, 6.07) is 5.61. The predicted molar refractivity (Wildman–Crippen MR) is 76.8 cm³/mol. The summed E-state index contributed by atoms with van der Waals surface area (Å²) in [5.41, 5.74) is 2.21. The first-order chi connectivity index (χ1) is 8.74. The molecule has 0 fully saturated rings. The smallest absolute Gasteiger partial charge is 0.0976 e. The van der Waals surface area contributed by atoms with Crippen molar-refractivity contribution in [2.45, 2.75) is 19.4 Å². The van der Waals surface area contributed by atoms with E-state index < -0.39 is 0 Å². The molecule has 2 aromatic rings. The number of halogens is 2. The molecule has 5 heteroatoms. The highest BCUT2D eigenvalue weighted by Gasteiger charge is 2.16. The molecule has 0 saturated heterocycles. The molecule has 1 N–H and O–H groups in total. The maximum absolute atomic E-state index is 6.19. The number of nitrogens with zero attached hydrogens (tertiary/aromatic N) is 1. The number of benzene rings is 1. The number of hydrogen-bond acceptors (Lipinski definition) is 3. The summed E-state index contributed by atoms with van der Waals surface area (Å²) >= 11 is 14.1. The Labute approximate surface area is 120 Å². The third-order valence-corrected chi connectivity index (χ3v) is 4.84. The van der Waals surface area contributed by atoms with Crippen molar-refractivity contribution in [2.24, 2.45) is 0 Å². The largest absolute Gasteiger partial charge is 0.311 e. The first kappa shape index (κ1) is 12.4. The topological polar surface area (TPSA) is 24.9 Å². The minimum atomic E-state index is 0.716. The van der Waals surface area contributed by atoms with Gasteiger partial charge in [0.1, 0.15) is 0 Å². The second kappa shape index (κ2) is 5.17. The molecule has 0 spiro atoms. The molecule has 0 atom stereocenters. The Balaban J connectivity index is 1.90. The van der Waals surface area contributed by atoms with Crippen molar-refractivity contribution in [2.75, 3.05) is 6.54 Å². The van der Waals surface area contributed by atoms with Gasteiger partial charge in [-0.1, -0.05) is 29.3 Å². The normalized spacial score (nSPS) is 14.6. The zero-order valence-electron chi connectivity index (χ0n) is 9.67. The zero-order chi connectivity index (χ0) is 12.5. The van der Waals surface area contributed by atoms with E-state index in [0.717, 1.165) is 36.5 Å². The van der Waals surface area contributed by atoms with E-state index in [4.69, 9.17) is 23.2 Å². The number of hydrogen-bond donors (Lipinski definition) is 1. The van der Waals surface area contributed by atoms with Crippen molar-refractivity contribution in [3.63, 3.8) is 0 Å². The van der Waals surface area contributed by atoms with Gasteiger partial charge in [0.2, 0.25) is 0 Å². The Hall–Kier alpha value is -0.610. The quantitative estimate of drug-likeness (QED) is 0.915. The van der Waals surface area contributed by atoms with Crippen LogP contribution in [0.2, 0.25) is 10.0 Å². The number of aromatic nitrogens is 1. The molecule has 1 aliphatic rings. The Kier molecular flexibility index (Phi) is 3.57. The first-order valence-corrected chi connectivity index (χ1v) is 7.42. The van der Waals surface area contributed by atoms with Crippen LogP contribution in [0.4, 0.5) is 0 Å². The van der Waals surface area contributed by atoms with Crippen LogP contribution in [0.15, 0.2) is 18.2 Å². The fourth-order valence-corrected chi connectivity index (χ4v) is 3.73. The third-order valence-electron chi connectivity index (χ3n) is 3.04. The van der Waals surface area contributed by atoms with Gasteiger partial charge >= 0.3 is 0 Å². The van der Waals surface area contributed by atoms with Gasteiger partial charge in [0, 0.05) is 40.9 Å². The highest BCUT2D eigenvalue weighted by Crippen LogP contribution is 2.29. The lowest BCUT2D eigenvalue weighted by molar-refractivity contribution is 0.643. The van der Waals surface area contributed by atoms with Gasteiger partial charge in [0.25, 0.3) is 0 Å². The summed E-state index contributed by atoms with van der Waals surface area (Å²) in [6.07, 6.45) is 1.73. The molecule has 0 radical (unpaired) electrons. The van der Waals surface area contributed by atoms with E-state index in [2.05, 4.69) is 10.3 Å². The van der Waals surface area contributed by atoms with Crippen LogP contribution >= 0.6 is 34.5 Å². The van der Waals surface area contributed by atoms with Crippen LogP contribution in [-0.2, 0) is 19.4 Å². The van der Waals surface area contributed by atoms with E-state index in [-0.39, 0.29) is 0 Å². The van der Waals surface area contributed by atoms with E-state index in [1.807, 2.05) is 18.2 Å². The van der Waals surface area contributed by atoms with Crippen molar-refractivity contribution >= 4 is 34.5 Å². The molecule has 1 aliphatic heterocycles. The zero-order valence-corrected chi connectivity index (χ0v) is 12.0. The SMILES string of the molecule is Clc1cccc(Cl)c1Cc1nc2c(s1)CNCC2. The van der Waals surface area contributed by atoms with Gasteiger partial charge < -0.3 is 5.32 Å². The van der Waals surface area contributed by atoms with Crippen LogP contribution in [-0.4, -0.2) is 11.5 Å². The second-order valence-electron chi connectivity index (χ2n) is 4.28. The molecule has 0 unspecified atom stereocenters. The molecule has 1 aromatic carbocycles. The van der Waals surface area contributed by atoms with E-state index in [9.17, 15) is 0 Å². The summed E-state index contributed by atoms with van der Waals surface area (Å²) in [5, 5.41) is 5.89. The number of nitrogens with one attached hydrogen (secondary N) is 1. The van der Waals surface area contributed by atoms with Crippen molar-refractivity contribution in [3.8, 4) is 0 Å². The van der Waals surface area contributed by atoms with E-state index >= 15 is 0 Å². The van der Waals surface area contributed by atoms with Crippen LogP contribution in [0.3, 0.4) is 0 Å². The third kappa shape index (κ3) is 2.41. The average molecular weight is 299 g/mol. The van der Waals surface area contributed by atoms with Gasteiger partial charge in [-0.05, 0) is 17.7 Å². The van der Waals surface area contributed by atoms with Crippen molar-refractivity contribution in [1.82, 2.24) is 10.3 Å². The predicted octanol–water partition coefficient (Wildman–Crippen LogP) is 3.69. The first-order valence-electron chi connectivity index (χ1n) is 5.85. The second-order valence-corrected chi connectivity index (χ2v) is 6.26. The molecule has 94 valence electrons. The molecular weight excluding hydrogens is 287 g/mol. The lowest BCUT2D eigenvalue weighted by Gasteiger charge is -2.09. The van der Waals surface area contributed by atoms with Gasteiger partial charge in [0.15, 0.2) is 0 Å². The fourth-order valence-electron chi connectivity index (χ4n) is 2.11. The van der Waals surface area contributed by atoms with Crippen LogP contribution in [0, 0.1) is 0 Å². The maximum atomic E-state index is 6.19. The molecule has 0 amide bonds. The number of thiazole rings is 1. The summed E-state index contributed by atoms with van der Waals surface area (Å²) < 4.78 is 0. The standard InChI is InChI=1S/C13H12Cl2N2S/c14-9-2-1-3-10(15)8(9)6-13-17-11-4-5-16-7-12(11)18-13/h1-3,16H,4-7H2. The molecule has 0 bridgehead atoms. The highest BCUT2D eigenvalue weighted by atomic mass is 35.5. The molecule has 0 aliphatic carbocycles. The van der Waals surface area contributed by atoms with E-state index in [1.54, 1.807) is 11.3 Å². The van der Waals surface area contributed by atoms with Gasteiger partial charge in [-0.2, -0.15) is 0 Å². The van der Waals surface area contributed by atoms with Crippen molar-refractivity contribution in [1.29, 1.82) is 0 Å². The molecule has 2 nitrogen and oxygen atoms in total. The Morgan fingerprint density at radius 2 is 2.06 bits per heavy atom. The molecule has 3 rings (SSSR count). The Morgan fingerprint density at radius 1 is 1.28 bits per heavy atom. The summed E-state index contributed by atoms with van der Waals surface area (Å²) in [6.45, 7) is 1.95. The minimum absolute atomic E-state index is 0.716. The molecule has 18 heavy (non-hydrogen) atoms. The van der Waals surface area contributed by atoms with Crippen molar-refractivity contribution in [3.05, 3.63) is 49.4 Å². The molecular formula is C13H12Cl2N2S. The van der Waals surface area contributed by atoms with Crippen LogP contribution in [0.1, 0.15) is 21.1 Å². The summed E-state index contributed by atoms with van der Waals surface area (Å²) in [7, 11) is 0. The van der Waals surface area contributed by atoms with Crippen LogP contribution < -0.4 is 5.32 Å². The van der Waals surface area contributed by atoms with E-state index in [0.29, 0.717) is 10.0 Å². The Bertz CT molecular complexity index is 537. The number of rotatable bonds is 2. The van der Waals surface area contributed by atoms with Crippen LogP contribution in [0.5, 0.6) is 0 Å². The lowest BCUT2D eigenvalue weighted by Crippen LogP contribution is -2.22. The van der Waals surface area contributed by atoms with Gasteiger partial charge in [-0.3, -0.25) is 0 Å². The lowest BCUT2D eigenvalue weighted by atomic mass is 10.1. The van der Waals surface area contributed by atoms with Gasteiger partial charge in [-0.15, -0.1) is 11.3 Å². The average Bonchev–Trinajstić information content (AvgIpc) is 2.76. The number of fused-ring (bicyclic) bond motifs is 1. The van der Waals surface area contributed by atoms with Gasteiger partial charge in [-0.25, -0.2) is 4.98 Å². The summed E-state index contributed by atoms with van der Waals surface area (Å²) in [4.78, 5) is 6.04. The highest BCUT2D eigenvalue weighted by molar-refractivity contribution is 7.11. The van der Waals surface area contributed by atoms with Gasteiger partial charge in [0.05, 0.1) is 10.7 Å². The van der Waals surface area contributed by atoms with E-state index in [1.165, 1.54) is 10.6 Å². The molecule has 1 aromatic heterocycles. The molecule has 0 saturated carbocycles. The summed E-state index contributed by atoms with van der Waals surface area (Å²) in [5.74, 6) is 0. The van der Waals surface area contributed by atoms with Crippen LogP contribution in [0.25, 0.3) is 0 Å². The fraction of sp³-hybridized carbons (Fsp3) is 0.308. The minimum Gasteiger partial charge on any atom is -0.311 e. The van der Waals surface area contributed by atoms with Crippen molar-refractivity contribution < 1.29 is 0 Å². The monoisotopic (exact) mass is 298 g/mol. The molecule has 2 heterocycles. The Morgan fingerprint density at radius 3 is 2.78 bits per heavy atom.